The van der Waals surface area contributed by atoms with Crippen LogP contribution in [-0.2, 0) is 10.5 Å². The summed E-state index contributed by atoms with van der Waals surface area (Å²) >= 11 is 1.84. The van der Waals surface area contributed by atoms with E-state index in [9.17, 15) is 9.59 Å². The van der Waals surface area contributed by atoms with Crippen molar-refractivity contribution in [2.24, 2.45) is 5.73 Å². The van der Waals surface area contributed by atoms with Crippen molar-refractivity contribution in [2.75, 3.05) is 19.3 Å². The maximum absolute atomic E-state index is 12.8. The molecule has 2 rings (SSSR count). The van der Waals surface area contributed by atoms with Gasteiger partial charge in [0.2, 0.25) is 5.91 Å². The lowest BCUT2D eigenvalue weighted by Crippen LogP contribution is -2.44. The number of hydrogen-bond donors (Lipinski definition) is 2. The van der Waals surface area contributed by atoms with Crippen LogP contribution in [0.25, 0.3) is 0 Å². The van der Waals surface area contributed by atoms with Gasteiger partial charge in [-0.15, -0.1) is 0 Å². The van der Waals surface area contributed by atoms with Gasteiger partial charge in [-0.3, -0.25) is 9.59 Å². The third-order valence-electron chi connectivity index (χ3n) is 4.27. The molecule has 1 aliphatic heterocycles. The van der Waals surface area contributed by atoms with Crippen LogP contribution in [0.2, 0.25) is 0 Å². The van der Waals surface area contributed by atoms with E-state index in [1.165, 1.54) is 17.7 Å². The average Bonchev–Trinajstić information content (AvgIpc) is 3.13. The van der Waals surface area contributed by atoms with E-state index in [0.29, 0.717) is 18.7 Å². The molecule has 3 N–H and O–H groups in total. The molecule has 1 saturated heterocycles. The number of likely N-dealkylation sites (N-methyl/N-ethyl adjacent to an activating group) is 1. The van der Waals surface area contributed by atoms with E-state index in [1.807, 2.05) is 18.7 Å². The van der Waals surface area contributed by atoms with Gasteiger partial charge >= 0.3 is 0 Å². The molecule has 2 atom stereocenters. The number of rotatable bonds is 7. The minimum Gasteiger partial charge on any atom is -0.456 e. The molecular formula is C17H27N3O3S. The van der Waals surface area contributed by atoms with Gasteiger partial charge in [-0.25, -0.2) is 0 Å². The molecule has 6 nitrogen and oxygen atoms in total. The normalized spacial score (nSPS) is 20.4. The van der Waals surface area contributed by atoms with E-state index in [2.05, 4.69) is 12.2 Å². The molecule has 0 spiro atoms. The summed E-state index contributed by atoms with van der Waals surface area (Å²) < 4.78 is 5.67. The Labute approximate surface area is 147 Å². The van der Waals surface area contributed by atoms with E-state index in [1.54, 1.807) is 13.1 Å². The van der Waals surface area contributed by atoms with Gasteiger partial charge in [0.15, 0.2) is 5.76 Å². The molecule has 0 aliphatic carbocycles. The van der Waals surface area contributed by atoms with Crippen LogP contribution >= 0.6 is 11.8 Å². The first-order chi connectivity index (χ1) is 11.5. The number of hydrogen-bond acceptors (Lipinski definition) is 5. The third-order valence-corrected chi connectivity index (χ3v) is 5.37. The Morgan fingerprint density at radius 3 is 2.92 bits per heavy atom. The number of nitrogens with one attached hydrogen (secondary N) is 1. The highest BCUT2D eigenvalue weighted by Crippen LogP contribution is 2.25. The molecule has 1 fully saturated rings. The topological polar surface area (TPSA) is 88.6 Å². The molecule has 1 aromatic heterocycles. The van der Waals surface area contributed by atoms with Gasteiger partial charge in [0, 0.05) is 31.0 Å². The first kappa shape index (κ1) is 18.9. The van der Waals surface area contributed by atoms with Crippen LogP contribution in [-0.4, -0.2) is 48.1 Å². The highest BCUT2D eigenvalue weighted by molar-refractivity contribution is 7.98. The van der Waals surface area contributed by atoms with E-state index in [-0.39, 0.29) is 17.9 Å². The van der Waals surface area contributed by atoms with Crippen LogP contribution < -0.4 is 11.1 Å². The maximum atomic E-state index is 12.8. The van der Waals surface area contributed by atoms with Crippen molar-refractivity contribution in [1.82, 2.24) is 10.2 Å². The monoisotopic (exact) mass is 353 g/mol. The molecule has 0 saturated carbocycles. The molecule has 7 heteroatoms. The van der Waals surface area contributed by atoms with Crippen molar-refractivity contribution in [2.45, 2.75) is 50.9 Å². The van der Waals surface area contributed by atoms with Crippen LogP contribution in [0.4, 0.5) is 0 Å². The van der Waals surface area contributed by atoms with Gasteiger partial charge in [0.1, 0.15) is 11.8 Å². The number of thioether (sulfide) groups is 1. The number of furan rings is 1. The summed E-state index contributed by atoms with van der Waals surface area (Å²) in [6, 6.07) is 1.10. The average molecular weight is 353 g/mol. The Kier molecular flexibility index (Phi) is 6.74. The smallest absolute Gasteiger partial charge is 0.290 e. The predicted octanol–water partition coefficient (Wildman–Crippen LogP) is 1.91. The number of amides is 2. The number of carbonyl (C=O) groups is 2. The van der Waals surface area contributed by atoms with Crippen LogP contribution in [0, 0.1) is 6.92 Å². The van der Waals surface area contributed by atoms with Gasteiger partial charge in [-0.1, -0.05) is 13.3 Å². The fourth-order valence-electron chi connectivity index (χ4n) is 2.85. The second-order valence-electron chi connectivity index (χ2n) is 6.18. The SMILES string of the molecule is CCCCSCc1cc(C(=O)N2C[C@H](N)C[C@H]2C(=O)NC)oc1C. The number of nitrogens with zero attached hydrogens (tertiary/aromatic N) is 1. The van der Waals surface area contributed by atoms with E-state index in [4.69, 9.17) is 10.2 Å². The molecule has 0 unspecified atom stereocenters. The lowest BCUT2D eigenvalue weighted by atomic mass is 10.1. The Hall–Kier alpha value is -1.47. The minimum atomic E-state index is -0.523. The minimum absolute atomic E-state index is 0.184. The zero-order chi connectivity index (χ0) is 17.7. The fraction of sp³-hybridized carbons (Fsp3) is 0.647. The van der Waals surface area contributed by atoms with E-state index < -0.39 is 6.04 Å². The summed E-state index contributed by atoms with van der Waals surface area (Å²) in [5, 5.41) is 2.60. The van der Waals surface area contributed by atoms with Crippen molar-refractivity contribution < 1.29 is 14.0 Å². The molecule has 0 aromatic carbocycles. The highest BCUT2D eigenvalue weighted by Gasteiger charge is 2.39. The first-order valence-corrected chi connectivity index (χ1v) is 9.58. The van der Waals surface area contributed by atoms with Crippen molar-refractivity contribution in [1.29, 1.82) is 0 Å². The second kappa shape index (κ2) is 8.58. The molecule has 24 heavy (non-hydrogen) atoms. The molecule has 1 aromatic rings. The molecule has 1 aliphatic rings. The number of likely N-dealkylation sites (tertiary alicyclic amines) is 1. The Bertz CT molecular complexity index is 588. The maximum Gasteiger partial charge on any atom is 0.290 e. The summed E-state index contributed by atoms with van der Waals surface area (Å²) in [5.41, 5.74) is 6.99. The summed E-state index contributed by atoms with van der Waals surface area (Å²) in [5.74, 6) is 2.55. The highest BCUT2D eigenvalue weighted by atomic mass is 32.2. The number of nitrogens with two attached hydrogens (primary N) is 1. The number of carbonyl (C=O) groups excluding carboxylic acids is 2. The summed E-state index contributed by atoms with van der Waals surface area (Å²) in [6.07, 6.45) is 2.84. The fourth-order valence-corrected chi connectivity index (χ4v) is 3.99. The zero-order valence-corrected chi connectivity index (χ0v) is 15.4. The van der Waals surface area contributed by atoms with Gasteiger partial charge in [-0.05, 0) is 31.6 Å². The van der Waals surface area contributed by atoms with E-state index in [0.717, 1.165) is 22.8 Å². The van der Waals surface area contributed by atoms with Crippen molar-refractivity contribution in [3.05, 3.63) is 23.2 Å². The lowest BCUT2D eigenvalue weighted by molar-refractivity contribution is -0.124. The Morgan fingerprint density at radius 1 is 1.50 bits per heavy atom. The van der Waals surface area contributed by atoms with Crippen molar-refractivity contribution >= 4 is 23.6 Å². The molecule has 0 bridgehead atoms. The zero-order valence-electron chi connectivity index (χ0n) is 14.6. The lowest BCUT2D eigenvalue weighted by Gasteiger charge is -2.21. The number of unbranched alkanes of at least 4 members (excludes halogenated alkanes) is 1. The first-order valence-electron chi connectivity index (χ1n) is 8.43. The van der Waals surface area contributed by atoms with Crippen LogP contribution in [0.3, 0.4) is 0 Å². The molecule has 2 heterocycles. The van der Waals surface area contributed by atoms with E-state index >= 15 is 0 Å². The molecule has 0 radical (unpaired) electrons. The second-order valence-corrected chi connectivity index (χ2v) is 7.29. The summed E-state index contributed by atoms with van der Waals surface area (Å²) in [7, 11) is 1.57. The Morgan fingerprint density at radius 2 is 2.25 bits per heavy atom. The van der Waals surface area contributed by atoms with Crippen molar-refractivity contribution in [3.8, 4) is 0 Å². The van der Waals surface area contributed by atoms with Gasteiger partial charge in [0.25, 0.3) is 5.91 Å². The van der Waals surface area contributed by atoms with Crippen LogP contribution in [0.5, 0.6) is 0 Å². The Balaban J connectivity index is 2.07. The van der Waals surface area contributed by atoms with Crippen LogP contribution in [0.15, 0.2) is 10.5 Å². The van der Waals surface area contributed by atoms with Crippen molar-refractivity contribution in [3.63, 3.8) is 0 Å². The van der Waals surface area contributed by atoms with Gasteiger partial charge in [-0.2, -0.15) is 11.8 Å². The standard InChI is InChI=1S/C17H27N3O3S/c1-4-5-6-24-10-12-7-15(23-11(12)2)17(22)20-9-13(18)8-14(20)16(21)19-3/h7,13-14H,4-6,8-10,18H2,1-3H3,(H,19,21)/t13-,14+/m1/s1. The molecule has 134 valence electrons. The quantitative estimate of drug-likeness (QED) is 0.731. The molecule has 2 amide bonds. The van der Waals surface area contributed by atoms with Crippen LogP contribution in [0.1, 0.15) is 48.1 Å². The van der Waals surface area contributed by atoms with Gasteiger partial charge in [0.05, 0.1) is 0 Å². The largest absolute Gasteiger partial charge is 0.456 e. The molecular weight excluding hydrogens is 326 g/mol. The predicted molar refractivity (Wildman–Crippen MR) is 96.0 cm³/mol. The third kappa shape index (κ3) is 4.33. The number of aryl methyl sites for hydroxylation is 1. The summed E-state index contributed by atoms with van der Waals surface area (Å²) in [6.45, 7) is 4.42. The van der Waals surface area contributed by atoms with Gasteiger partial charge < -0.3 is 20.4 Å². The summed E-state index contributed by atoms with van der Waals surface area (Å²) in [4.78, 5) is 26.3.